The number of para-hydroxylation sites is 1. The monoisotopic (exact) mass is 350 g/mol. The number of anilines is 3. The van der Waals surface area contributed by atoms with Gasteiger partial charge in [-0.15, -0.1) is 0 Å². The lowest BCUT2D eigenvalue weighted by molar-refractivity contribution is 0.221. The summed E-state index contributed by atoms with van der Waals surface area (Å²) >= 11 is 0. The predicted molar refractivity (Wildman–Crippen MR) is 107 cm³/mol. The number of nitrogens with one attached hydrogen (secondary N) is 3. The number of hydrogen-bond acceptors (Lipinski definition) is 5. The molecule has 2 aromatic heterocycles. The molecule has 0 spiro atoms. The van der Waals surface area contributed by atoms with Crippen LogP contribution in [0.4, 0.5) is 17.5 Å². The van der Waals surface area contributed by atoms with Gasteiger partial charge in [0.25, 0.3) is 0 Å². The van der Waals surface area contributed by atoms with Crippen molar-refractivity contribution in [1.82, 2.24) is 19.9 Å². The van der Waals surface area contributed by atoms with Gasteiger partial charge in [0.1, 0.15) is 11.5 Å². The van der Waals surface area contributed by atoms with Crippen LogP contribution in [-0.4, -0.2) is 46.0 Å². The Morgan fingerprint density at radius 2 is 1.77 bits per heavy atom. The van der Waals surface area contributed by atoms with Crippen LogP contribution in [0.5, 0.6) is 0 Å². The summed E-state index contributed by atoms with van der Waals surface area (Å²) in [6.45, 7) is 0. The summed E-state index contributed by atoms with van der Waals surface area (Å²) in [5, 5.41) is 8.00. The Kier molecular flexibility index (Phi) is 4.75. The van der Waals surface area contributed by atoms with E-state index in [0.29, 0.717) is 18.0 Å². The Morgan fingerprint density at radius 1 is 1.00 bits per heavy atom. The fraction of sp³-hybridized carbons (Fsp3) is 0.400. The van der Waals surface area contributed by atoms with E-state index in [-0.39, 0.29) is 0 Å². The first-order valence-corrected chi connectivity index (χ1v) is 9.29. The highest BCUT2D eigenvalue weighted by atomic mass is 15.2. The molecule has 0 saturated heterocycles. The maximum Gasteiger partial charge on any atom is 0.231 e. The van der Waals surface area contributed by atoms with Crippen LogP contribution in [0.3, 0.4) is 0 Å². The molecule has 0 aliphatic heterocycles. The van der Waals surface area contributed by atoms with Crippen molar-refractivity contribution in [3.8, 4) is 0 Å². The molecule has 3 aromatic rings. The maximum atomic E-state index is 4.75. The van der Waals surface area contributed by atoms with Crippen LogP contribution >= 0.6 is 0 Å². The van der Waals surface area contributed by atoms with Crippen molar-refractivity contribution in [2.24, 2.45) is 0 Å². The zero-order valence-corrected chi connectivity index (χ0v) is 15.4. The zero-order chi connectivity index (χ0) is 17.9. The van der Waals surface area contributed by atoms with E-state index >= 15 is 0 Å². The zero-order valence-electron chi connectivity index (χ0n) is 15.4. The SMILES string of the molecule is CN(C)C1CCC(Nc2nc(Nc3ccccc3)nc3[nH]ccc23)CC1. The molecule has 136 valence electrons. The molecule has 0 amide bonds. The van der Waals surface area contributed by atoms with E-state index < -0.39 is 0 Å². The molecule has 0 unspecified atom stereocenters. The van der Waals surface area contributed by atoms with Crippen LogP contribution in [0.2, 0.25) is 0 Å². The number of nitrogens with zero attached hydrogens (tertiary/aromatic N) is 3. The summed E-state index contributed by atoms with van der Waals surface area (Å²) in [4.78, 5) is 14.9. The van der Waals surface area contributed by atoms with Gasteiger partial charge in [0.2, 0.25) is 5.95 Å². The van der Waals surface area contributed by atoms with Gasteiger partial charge in [0, 0.05) is 24.0 Å². The molecule has 1 fully saturated rings. The van der Waals surface area contributed by atoms with Crippen LogP contribution < -0.4 is 10.6 Å². The van der Waals surface area contributed by atoms with Gasteiger partial charge >= 0.3 is 0 Å². The number of fused-ring (bicyclic) bond motifs is 1. The molecule has 1 aliphatic rings. The third-order valence-corrected chi connectivity index (χ3v) is 5.21. The lowest BCUT2D eigenvalue weighted by Gasteiger charge is -2.33. The van der Waals surface area contributed by atoms with Gasteiger partial charge in [-0.05, 0) is 58.0 Å². The fourth-order valence-corrected chi connectivity index (χ4v) is 3.69. The van der Waals surface area contributed by atoms with Crippen LogP contribution in [0.25, 0.3) is 11.0 Å². The Bertz CT molecular complexity index is 849. The van der Waals surface area contributed by atoms with Crippen LogP contribution in [0.1, 0.15) is 25.7 Å². The van der Waals surface area contributed by atoms with Gasteiger partial charge in [-0.3, -0.25) is 0 Å². The van der Waals surface area contributed by atoms with Gasteiger partial charge < -0.3 is 20.5 Å². The second-order valence-corrected chi connectivity index (χ2v) is 7.24. The standard InChI is InChI=1S/C20H26N6/c1-26(2)16-10-8-15(9-11-16)22-19-17-12-13-21-18(17)24-20(25-19)23-14-6-4-3-5-7-14/h3-7,12-13,15-16H,8-11H2,1-2H3,(H3,21,22,23,24,25). The predicted octanol–water partition coefficient (Wildman–Crippen LogP) is 3.99. The molecule has 2 heterocycles. The normalized spacial score (nSPS) is 20.4. The van der Waals surface area contributed by atoms with E-state index in [9.17, 15) is 0 Å². The van der Waals surface area contributed by atoms with E-state index in [1.165, 1.54) is 25.7 Å². The highest BCUT2D eigenvalue weighted by molar-refractivity contribution is 5.88. The Labute approximate surface area is 154 Å². The van der Waals surface area contributed by atoms with Crippen molar-refractivity contribution in [2.75, 3.05) is 24.7 Å². The van der Waals surface area contributed by atoms with Crippen LogP contribution in [0.15, 0.2) is 42.6 Å². The summed E-state index contributed by atoms with van der Waals surface area (Å²) < 4.78 is 0. The summed E-state index contributed by atoms with van der Waals surface area (Å²) in [5.74, 6) is 1.51. The molecular formula is C20H26N6. The number of rotatable bonds is 5. The molecule has 1 saturated carbocycles. The van der Waals surface area contributed by atoms with Gasteiger partial charge in [-0.1, -0.05) is 18.2 Å². The van der Waals surface area contributed by atoms with E-state index in [4.69, 9.17) is 4.98 Å². The molecular weight excluding hydrogens is 324 g/mol. The second-order valence-electron chi connectivity index (χ2n) is 7.24. The van der Waals surface area contributed by atoms with Gasteiger partial charge in [-0.2, -0.15) is 9.97 Å². The lowest BCUT2D eigenvalue weighted by Crippen LogP contribution is -2.36. The first kappa shape index (κ1) is 16.8. The van der Waals surface area contributed by atoms with Crippen molar-refractivity contribution in [3.63, 3.8) is 0 Å². The van der Waals surface area contributed by atoms with Crippen LogP contribution in [0, 0.1) is 0 Å². The summed E-state index contributed by atoms with van der Waals surface area (Å²) in [5.41, 5.74) is 1.83. The molecule has 1 aromatic carbocycles. The van der Waals surface area contributed by atoms with Gasteiger partial charge in [-0.25, -0.2) is 0 Å². The Balaban J connectivity index is 1.53. The molecule has 3 N–H and O–H groups in total. The number of H-pyrrole nitrogens is 1. The van der Waals surface area contributed by atoms with Crippen molar-refractivity contribution >= 4 is 28.5 Å². The molecule has 0 atom stereocenters. The van der Waals surface area contributed by atoms with E-state index in [2.05, 4.69) is 39.6 Å². The van der Waals surface area contributed by atoms with Gasteiger partial charge in [0.15, 0.2) is 0 Å². The lowest BCUT2D eigenvalue weighted by atomic mass is 9.90. The molecule has 26 heavy (non-hydrogen) atoms. The first-order chi connectivity index (χ1) is 12.7. The number of hydrogen-bond donors (Lipinski definition) is 3. The summed E-state index contributed by atoms with van der Waals surface area (Å²) in [6, 6.07) is 13.2. The first-order valence-electron chi connectivity index (χ1n) is 9.29. The molecule has 0 radical (unpaired) electrons. The highest BCUT2D eigenvalue weighted by Crippen LogP contribution is 2.28. The van der Waals surface area contributed by atoms with E-state index in [1.807, 2.05) is 42.6 Å². The van der Waals surface area contributed by atoms with Gasteiger partial charge in [0.05, 0.1) is 5.39 Å². The highest BCUT2D eigenvalue weighted by Gasteiger charge is 2.23. The van der Waals surface area contributed by atoms with E-state index in [0.717, 1.165) is 22.5 Å². The summed E-state index contributed by atoms with van der Waals surface area (Å²) in [6.07, 6.45) is 6.70. The number of benzene rings is 1. The average Bonchev–Trinajstić information content (AvgIpc) is 3.12. The molecule has 4 rings (SSSR count). The van der Waals surface area contributed by atoms with E-state index in [1.54, 1.807) is 0 Å². The second kappa shape index (κ2) is 7.33. The molecule has 6 nitrogen and oxygen atoms in total. The third-order valence-electron chi connectivity index (χ3n) is 5.21. The number of aromatic nitrogens is 3. The topological polar surface area (TPSA) is 68.9 Å². The quantitative estimate of drug-likeness (QED) is 0.649. The minimum atomic E-state index is 0.462. The largest absolute Gasteiger partial charge is 0.367 e. The number of aromatic amines is 1. The van der Waals surface area contributed by atoms with Crippen molar-refractivity contribution in [2.45, 2.75) is 37.8 Å². The van der Waals surface area contributed by atoms with Crippen LogP contribution in [-0.2, 0) is 0 Å². The van der Waals surface area contributed by atoms with Crippen molar-refractivity contribution in [1.29, 1.82) is 0 Å². The Hall–Kier alpha value is -2.60. The minimum absolute atomic E-state index is 0.462. The average molecular weight is 350 g/mol. The molecule has 6 heteroatoms. The summed E-state index contributed by atoms with van der Waals surface area (Å²) in [7, 11) is 4.35. The Morgan fingerprint density at radius 3 is 2.50 bits per heavy atom. The fourth-order valence-electron chi connectivity index (χ4n) is 3.69. The maximum absolute atomic E-state index is 4.75. The molecule has 1 aliphatic carbocycles. The minimum Gasteiger partial charge on any atom is -0.367 e. The molecule has 0 bridgehead atoms. The van der Waals surface area contributed by atoms with Crippen molar-refractivity contribution < 1.29 is 0 Å². The third kappa shape index (κ3) is 3.65. The smallest absolute Gasteiger partial charge is 0.231 e. The van der Waals surface area contributed by atoms with Crippen molar-refractivity contribution in [3.05, 3.63) is 42.6 Å².